The molecule has 0 nitrogen and oxygen atoms in total. The zero-order valence-corrected chi connectivity index (χ0v) is 11.5. The Hall–Kier alpha value is 0.163. The SMILES string of the molecule is [Cl-].[Cl-].[Zr+2][C]1=C(c2ccccc2)C=CC1. The van der Waals surface area contributed by atoms with E-state index in [1.165, 1.54) is 11.1 Å². The predicted octanol–water partition coefficient (Wildman–Crippen LogP) is -3.09. The normalized spacial score (nSPS) is 13.6. The zero-order valence-electron chi connectivity index (χ0n) is 7.50. The Morgan fingerprint density at radius 3 is 2.14 bits per heavy atom. The van der Waals surface area contributed by atoms with Crippen LogP contribution in [-0.2, 0) is 24.7 Å². The van der Waals surface area contributed by atoms with Gasteiger partial charge < -0.3 is 24.8 Å². The van der Waals surface area contributed by atoms with Crippen LogP contribution >= 0.6 is 0 Å². The van der Waals surface area contributed by atoms with Gasteiger partial charge in [0.2, 0.25) is 0 Å². The van der Waals surface area contributed by atoms with Crippen molar-refractivity contribution in [1.82, 2.24) is 0 Å². The third-order valence-electron chi connectivity index (χ3n) is 2.02. The van der Waals surface area contributed by atoms with Crippen LogP contribution in [0.4, 0.5) is 0 Å². The molecule has 0 heterocycles. The van der Waals surface area contributed by atoms with Gasteiger partial charge in [0.1, 0.15) is 0 Å². The van der Waals surface area contributed by atoms with E-state index >= 15 is 0 Å². The molecule has 1 aromatic carbocycles. The molecule has 1 aliphatic carbocycles. The van der Waals surface area contributed by atoms with E-state index in [2.05, 4.69) is 42.5 Å². The van der Waals surface area contributed by atoms with Gasteiger partial charge in [0.05, 0.1) is 0 Å². The van der Waals surface area contributed by atoms with Gasteiger partial charge in [-0.3, -0.25) is 0 Å². The van der Waals surface area contributed by atoms with E-state index in [9.17, 15) is 0 Å². The fraction of sp³-hybridized carbons (Fsp3) is 0.0909. The van der Waals surface area contributed by atoms with Crippen LogP contribution in [0.1, 0.15) is 12.0 Å². The van der Waals surface area contributed by atoms with Gasteiger partial charge in [0, 0.05) is 0 Å². The van der Waals surface area contributed by atoms with Gasteiger partial charge in [-0.1, -0.05) is 0 Å². The molecule has 0 aliphatic heterocycles. The van der Waals surface area contributed by atoms with Crippen molar-refractivity contribution in [1.29, 1.82) is 0 Å². The van der Waals surface area contributed by atoms with Crippen LogP contribution < -0.4 is 24.8 Å². The summed E-state index contributed by atoms with van der Waals surface area (Å²) in [7, 11) is 0. The van der Waals surface area contributed by atoms with Crippen LogP contribution in [0.3, 0.4) is 0 Å². The number of benzene rings is 1. The van der Waals surface area contributed by atoms with Gasteiger partial charge in [-0.25, -0.2) is 0 Å². The Morgan fingerprint density at radius 1 is 1.00 bits per heavy atom. The van der Waals surface area contributed by atoms with Crippen molar-refractivity contribution in [2.75, 3.05) is 0 Å². The first-order valence-corrected chi connectivity index (χ1v) is 5.27. The standard InChI is InChI=1S/C11H9.2ClH.Zr/c1-2-6-10(7-3-1)11-8-4-5-9-11;;;/h1-4,6-8H,5H2;2*1H;/q;;;+2/p-2. The molecule has 3 heteroatoms. The van der Waals surface area contributed by atoms with Crippen LogP contribution in [0, 0.1) is 0 Å². The van der Waals surface area contributed by atoms with Gasteiger partial charge >= 0.3 is 88.0 Å². The van der Waals surface area contributed by atoms with Crippen molar-refractivity contribution in [3.63, 3.8) is 0 Å². The number of rotatable bonds is 1. The summed E-state index contributed by atoms with van der Waals surface area (Å²) < 4.78 is 1.56. The maximum absolute atomic E-state index is 2.24. The molecule has 0 saturated carbocycles. The topological polar surface area (TPSA) is 0 Å². The molecule has 71 valence electrons. The average molecular weight is 303 g/mol. The van der Waals surface area contributed by atoms with E-state index in [1.807, 2.05) is 0 Å². The summed E-state index contributed by atoms with van der Waals surface area (Å²) in [6, 6.07) is 10.6. The Bertz CT molecular complexity index is 342. The second-order valence-electron chi connectivity index (χ2n) is 2.86. The molecular formula is C11H9Cl2Zr. The average Bonchev–Trinajstić information content (AvgIpc) is 2.53. The fourth-order valence-corrected chi connectivity index (χ4v) is 2.24. The van der Waals surface area contributed by atoms with Crippen molar-refractivity contribution in [3.8, 4) is 0 Å². The molecule has 14 heavy (non-hydrogen) atoms. The summed E-state index contributed by atoms with van der Waals surface area (Å²) in [6.45, 7) is 0. The first-order valence-electron chi connectivity index (χ1n) is 4.04. The molecule has 0 unspecified atom stereocenters. The van der Waals surface area contributed by atoms with E-state index < -0.39 is 0 Å². The van der Waals surface area contributed by atoms with E-state index in [0.717, 1.165) is 6.42 Å². The summed E-state index contributed by atoms with van der Waals surface area (Å²) in [4.78, 5) is 0. The molecule has 0 radical (unpaired) electrons. The van der Waals surface area contributed by atoms with Gasteiger partial charge in [-0.2, -0.15) is 0 Å². The van der Waals surface area contributed by atoms with Gasteiger partial charge in [0.15, 0.2) is 0 Å². The van der Waals surface area contributed by atoms with Crippen molar-refractivity contribution in [2.24, 2.45) is 0 Å². The van der Waals surface area contributed by atoms with Crippen molar-refractivity contribution >= 4 is 5.57 Å². The molecule has 0 bridgehead atoms. The monoisotopic (exact) mass is 301 g/mol. The number of hydrogen-bond donors (Lipinski definition) is 0. The number of halogens is 2. The minimum atomic E-state index is 0. The Morgan fingerprint density at radius 2 is 1.64 bits per heavy atom. The summed E-state index contributed by atoms with van der Waals surface area (Å²) in [6.07, 6.45) is 5.63. The molecule has 2 rings (SSSR count). The minimum absolute atomic E-state index is 0. The van der Waals surface area contributed by atoms with Crippen LogP contribution in [0.15, 0.2) is 45.8 Å². The second kappa shape index (κ2) is 6.61. The van der Waals surface area contributed by atoms with Crippen molar-refractivity contribution in [2.45, 2.75) is 6.42 Å². The first kappa shape index (κ1) is 14.2. The van der Waals surface area contributed by atoms with E-state index in [-0.39, 0.29) is 24.8 Å². The van der Waals surface area contributed by atoms with Gasteiger partial charge in [-0.05, 0) is 0 Å². The van der Waals surface area contributed by atoms with Crippen molar-refractivity contribution in [3.05, 3.63) is 51.3 Å². The summed E-state index contributed by atoms with van der Waals surface area (Å²) >= 11 is 1.54. The molecular weight excluding hydrogens is 294 g/mol. The predicted molar refractivity (Wildman–Crippen MR) is 47.1 cm³/mol. The molecule has 0 amide bonds. The number of allylic oxidation sites excluding steroid dienone is 4. The summed E-state index contributed by atoms with van der Waals surface area (Å²) in [5.74, 6) is 0. The molecule has 0 saturated heterocycles. The molecule has 1 aromatic rings. The van der Waals surface area contributed by atoms with Crippen LogP contribution in [0.2, 0.25) is 0 Å². The molecule has 0 aromatic heterocycles. The Balaban J connectivity index is 0.000000845. The molecule has 0 atom stereocenters. The second-order valence-corrected chi connectivity index (χ2v) is 4.35. The number of hydrogen-bond acceptors (Lipinski definition) is 0. The summed E-state index contributed by atoms with van der Waals surface area (Å²) in [5.41, 5.74) is 2.80. The van der Waals surface area contributed by atoms with Crippen LogP contribution in [0.5, 0.6) is 0 Å². The van der Waals surface area contributed by atoms with Gasteiger partial charge in [-0.15, -0.1) is 0 Å². The molecule has 0 N–H and O–H groups in total. The third kappa shape index (κ3) is 3.09. The van der Waals surface area contributed by atoms with Crippen molar-refractivity contribution < 1.29 is 49.5 Å². The quantitative estimate of drug-likeness (QED) is 0.516. The fourth-order valence-electron chi connectivity index (χ4n) is 1.39. The molecule has 1 aliphatic rings. The van der Waals surface area contributed by atoms with Gasteiger partial charge in [0.25, 0.3) is 0 Å². The van der Waals surface area contributed by atoms with Crippen LogP contribution in [0.25, 0.3) is 5.57 Å². The Labute approximate surface area is 112 Å². The summed E-state index contributed by atoms with van der Waals surface area (Å²) in [5, 5.41) is 0. The first-order chi connectivity index (χ1) is 5.88. The zero-order chi connectivity index (χ0) is 8.39. The maximum atomic E-state index is 2.24. The van der Waals surface area contributed by atoms with E-state index in [1.54, 1.807) is 28.0 Å². The third-order valence-corrected chi connectivity index (χ3v) is 3.18. The molecule has 0 fully saturated rings. The van der Waals surface area contributed by atoms with Crippen LogP contribution in [-0.4, -0.2) is 0 Å². The Kier molecular flexibility index (Phi) is 6.69. The van der Waals surface area contributed by atoms with E-state index in [4.69, 9.17) is 0 Å². The van der Waals surface area contributed by atoms with E-state index in [0.29, 0.717) is 0 Å². The molecule has 0 spiro atoms.